The number of hydrazine groups is 1. The summed E-state index contributed by atoms with van der Waals surface area (Å²) in [6.07, 6.45) is 0. The van der Waals surface area contributed by atoms with Crippen molar-refractivity contribution in [2.75, 3.05) is 10.3 Å². The zero-order valence-electron chi connectivity index (χ0n) is 6.24. The van der Waals surface area contributed by atoms with E-state index in [-0.39, 0.29) is 0 Å². The van der Waals surface area contributed by atoms with E-state index < -0.39 is 0 Å². The number of para-hydroxylation sites is 2. The number of anilines is 2. The molecule has 0 bridgehead atoms. The molecule has 0 spiro atoms. The quantitative estimate of drug-likeness (QED) is 0.640. The van der Waals surface area contributed by atoms with Crippen LogP contribution in [0.2, 0.25) is 0 Å². The van der Waals surface area contributed by atoms with Crippen molar-refractivity contribution >= 4 is 26.5 Å². The maximum atomic E-state index is 3.34. The van der Waals surface area contributed by atoms with E-state index in [2.05, 4.69) is 37.9 Å². The molecule has 2 aliphatic heterocycles. The topological polar surface area (TPSA) is 27.3 Å². The Kier molecular flexibility index (Phi) is 1.23. The van der Waals surface area contributed by atoms with Gasteiger partial charge < -0.3 is 0 Å². The molecule has 2 aliphatic rings. The molecular formula is C8H7N3Se. The Hall–Kier alpha value is -0.961. The van der Waals surface area contributed by atoms with Gasteiger partial charge in [-0.25, -0.2) is 0 Å². The molecule has 0 fully saturated rings. The van der Waals surface area contributed by atoms with E-state index in [0.29, 0.717) is 15.2 Å². The second kappa shape index (κ2) is 2.26. The van der Waals surface area contributed by atoms with Gasteiger partial charge in [-0.05, 0) is 0 Å². The summed E-state index contributed by atoms with van der Waals surface area (Å²) in [5.74, 6) is 1.18. The van der Waals surface area contributed by atoms with Crippen LogP contribution in [0.3, 0.4) is 0 Å². The van der Waals surface area contributed by atoms with E-state index >= 15 is 0 Å². The molecule has 0 saturated heterocycles. The van der Waals surface area contributed by atoms with Crippen LogP contribution in [0.5, 0.6) is 0 Å². The van der Waals surface area contributed by atoms with E-state index in [9.17, 15) is 0 Å². The van der Waals surface area contributed by atoms with Gasteiger partial charge in [0, 0.05) is 0 Å². The Labute approximate surface area is 76.8 Å². The molecule has 12 heavy (non-hydrogen) atoms. The van der Waals surface area contributed by atoms with Gasteiger partial charge in [0.1, 0.15) is 0 Å². The molecule has 2 N–H and O–H groups in total. The predicted molar refractivity (Wildman–Crippen MR) is 49.5 cm³/mol. The first-order valence-electron chi connectivity index (χ1n) is 3.73. The van der Waals surface area contributed by atoms with Crippen LogP contribution < -0.4 is 14.8 Å². The predicted octanol–water partition coefficient (Wildman–Crippen LogP) is 0.855. The zero-order chi connectivity index (χ0) is 7.97. The molecule has 2 heterocycles. The minimum atomic E-state index is 0.413. The molecule has 1 aromatic carbocycles. The van der Waals surface area contributed by atoms with Gasteiger partial charge in [0.15, 0.2) is 0 Å². The fourth-order valence-electron chi connectivity index (χ4n) is 1.41. The van der Waals surface area contributed by atoms with E-state index in [1.54, 1.807) is 0 Å². The van der Waals surface area contributed by atoms with Crippen molar-refractivity contribution in [3.8, 4) is 0 Å². The van der Waals surface area contributed by atoms with E-state index in [1.807, 2.05) is 6.07 Å². The zero-order valence-corrected chi connectivity index (χ0v) is 7.96. The first-order valence-corrected chi connectivity index (χ1v) is 5.57. The first-order chi connectivity index (χ1) is 5.95. The molecule has 0 atom stereocenters. The molecule has 3 rings (SSSR count). The van der Waals surface area contributed by atoms with Crippen LogP contribution in [0.15, 0.2) is 35.1 Å². The number of nitrogens with zero attached hydrogens (tertiary/aromatic N) is 1. The molecule has 3 nitrogen and oxygen atoms in total. The van der Waals surface area contributed by atoms with Crippen molar-refractivity contribution in [1.82, 2.24) is 4.44 Å². The van der Waals surface area contributed by atoms with Crippen LogP contribution in [0, 0.1) is 0 Å². The summed E-state index contributed by atoms with van der Waals surface area (Å²) in [5, 5.41) is 5.44. The molecule has 4 heteroatoms. The Morgan fingerprint density at radius 3 is 3.17 bits per heavy atom. The van der Waals surface area contributed by atoms with Gasteiger partial charge in [0.05, 0.1) is 0 Å². The van der Waals surface area contributed by atoms with Gasteiger partial charge in [-0.1, -0.05) is 0 Å². The number of fused-ring (bicyclic) bond motifs is 3. The molecule has 0 aromatic heterocycles. The maximum absolute atomic E-state index is 3.34. The van der Waals surface area contributed by atoms with Crippen molar-refractivity contribution < 1.29 is 0 Å². The van der Waals surface area contributed by atoms with Crippen molar-refractivity contribution in [2.45, 2.75) is 0 Å². The van der Waals surface area contributed by atoms with Crippen LogP contribution in [0.25, 0.3) is 0 Å². The number of nitrogens with one attached hydrogen (secondary N) is 2. The number of hydrogen-bond donors (Lipinski definition) is 2. The molecule has 0 amide bonds. The minimum absolute atomic E-state index is 0.413. The van der Waals surface area contributed by atoms with Crippen molar-refractivity contribution in [2.24, 2.45) is 0 Å². The third-order valence-electron chi connectivity index (χ3n) is 1.96. The average Bonchev–Trinajstić information content (AvgIpc) is 2.62. The van der Waals surface area contributed by atoms with Gasteiger partial charge in [-0.2, -0.15) is 0 Å². The van der Waals surface area contributed by atoms with E-state index in [1.165, 1.54) is 17.2 Å². The fraction of sp³-hybridized carbons (Fsp3) is 0. The molecule has 0 saturated carbocycles. The summed E-state index contributed by atoms with van der Waals surface area (Å²) in [6, 6.07) is 8.29. The average molecular weight is 224 g/mol. The van der Waals surface area contributed by atoms with Crippen LogP contribution in [-0.2, 0) is 0 Å². The van der Waals surface area contributed by atoms with E-state index in [4.69, 9.17) is 0 Å². The van der Waals surface area contributed by atoms with Crippen LogP contribution in [0.1, 0.15) is 0 Å². The number of hydrogen-bond acceptors (Lipinski definition) is 3. The molecule has 0 unspecified atom stereocenters. The Bertz CT molecular complexity index is 361. The summed E-state index contributed by atoms with van der Waals surface area (Å²) < 4.78 is 3.32. The normalized spacial score (nSPS) is 18.3. The molecule has 60 valence electrons. The van der Waals surface area contributed by atoms with Crippen LogP contribution in [-0.4, -0.2) is 15.2 Å². The molecule has 1 aromatic rings. The SMILES string of the molecule is C1=C2Nc3ccccc3N2N[Se]1. The van der Waals surface area contributed by atoms with Crippen molar-refractivity contribution in [1.29, 1.82) is 0 Å². The summed E-state index contributed by atoms with van der Waals surface area (Å²) in [4.78, 5) is 2.20. The third kappa shape index (κ3) is 0.743. The third-order valence-corrected chi connectivity index (χ3v) is 3.28. The summed E-state index contributed by atoms with van der Waals surface area (Å²) in [7, 11) is 0. The second-order valence-electron chi connectivity index (χ2n) is 2.69. The van der Waals surface area contributed by atoms with Gasteiger partial charge in [-0.3, -0.25) is 0 Å². The van der Waals surface area contributed by atoms with Crippen molar-refractivity contribution in [3.05, 3.63) is 35.1 Å². The van der Waals surface area contributed by atoms with Crippen LogP contribution in [0.4, 0.5) is 11.4 Å². The Balaban J connectivity index is 2.17. The Morgan fingerprint density at radius 1 is 1.25 bits per heavy atom. The van der Waals surface area contributed by atoms with Crippen LogP contribution >= 0.6 is 0 Å². The van der Waals surface area contributed by atoms with Gasteiger partial charge in [0.25, 0.3) is 0 Å². The fourth-order valence-corrected chi connectivity index (χ4v) is 2.74. The summed E-state index contributed by atoms with van der Waals surface area (Å²) >= 11 is 0.413. The Morgan fingerprint density at radius 2 is 2.17 bits per heavy atom. The van der Waals surface area contributed by atoms with E-state index in [0.717, 1.165) is 0 Å². The first kappa shape index (κ1) is 6.54. The number of rotatable bonds is 0. The second-order valence-corrected chi connectivity index (χ2v) is 4.06. The standard InChI is InChI=1S/C8H7N3Se/c1-2-4-7-6(3-1)9-8-5-12-10-11(7)8/h1-5,9-10H. The molecule has 0 radical (unpaired) electrons. The van der Waals surface area contributed by atoms with Gasteiger partial charge in [0.2, 0.25) is 0 Å². The van der Waals surface area contributed by atoms with Gasteiger partial charge in [-0.15, -0.1) is 0 Å². The summed E-state index contributed by atoms with van der Waals surface area (Å²) in [5.41, 5.74) is 2.41. The monoisotopic (exact) mass is 225 g/mol. The van der Waals surface area contributed by atoms with Gasteiger partial charge >= 0.3 is 76.4 Å². The molecular weight excluding hydrogens is 217 g/mol. The van der Waals surface area contributed by atoms with Crippen molar-refractivity contribution in [3.63, 3.8) is 0 Å². The summed E-state index contributed by atoms with van der Waals surface area (Å²) in [6.45, 7) is 0. The number of benzene rings is 1. The molecule has 0 aliphatic carbocycles.